The summed E-state index contributed by atoms with van der Waals surface area (Å²) in [5.41, 5.74) is 2.58. The predicted octanol–water partition coefficient (Wildman–Crippen LogP) is 3.22. The maximum atomic E-state index is 2.75. The number of nitrogens with zero attached hydrogens (tertiary/aromatic N) is 1. The van der Waals surface area contributed by atoms with Crippen LogP contribution < -0.4 is 0 Å². The maximum Gasteiger partial charge on any atom is 0.0446 e. The second kappa shape index (κ2) is 2.88. The van der Waals surface area contributed by atoms with E-state index in [4.69, 9.17) is 0 Å². The van der Waals surface area contributed by atoms with Gasteiger partial charge in [0.05, 0.1) is 0 Å². The molecule has 1 atom stereocenters. The molecule has 1 unspecified atom stereocenters. The van der Waals surface area contributed by atoms with Crippen LogP contribution in [0.3, 0.4) is 0 Å². The van der Waals surface area contributed by atoms with Gasteiger partial charge in [0.1, 0.15) is 0 Å². The van der Waals surface area contributed by atoms with Gasteiger partial charge in [-0.1, -0.05) is 32.4 Å². The van der Waals surface area contributed by atoms with E-state index in [2.05, 4.69) is 31.7 Å². The summed E-state index contributed by atoms with van der Waals surface area (Å²) in [4.78, 5) is 2.75. The molecule has 1 nitrogen and oxygen atoms in total. The monoisotopic (exact) mass is 205 g/mol. The summed E-state index contributed by atoms with van der Waals surface area (Å²) in [6.07, 6.45) is 8.36. The molecule has 15 heavy (non-hydrogen) atoms. The van der Waals surface area contributed by atoms with Crippen LogP contribution in [0.2, 0.25) is 0 Å². The van der Waals surface area contributed by atoms with Gasteiger partial charge >= 0.3 is 0 Å². The summed E-state index contributed by atoms with van der Waals surface area (Å²) < 4.78 is 0. The van der Waals surface area contributed by atoms with Crippen LogP contribution >= 0.6 is 0 Å². The van der Waals surface area contributed by atoms with E-state index in [1.807, 2.05) is 0 Å². The third-order valence-corrected chi connectivity index (χ3v) is 4.75. The Bertz CT molecular complexity index is 306. The Balaban J connectivity index is 1.96. The first-order valence-corrected chi connectivity index (χ1v) is 6.50. The molecular weight excluding hydrogens is 182 g/mol. The Hall–Kier alpha value is -0.300. The second-order valence-corrected chi connectivity index (χ2v) is 6.69. The highest BCUT2D eigenvalue weighted by molar-refractivity contribution is 5.32. The zero-order valence-corrected chi connectivity index (χ0v) is 10.3. The van der Waals surface area contributed by atoms with Crippen molar-refractivity contribution < 1.29 is 0 Å². The number of fused-ring (bicyclic) bond motifs is 1. The van der Waals surface area contributed by atoms with E-state index in [1.54, 1.807) is 5.57 Å². The molecule has 0 bridgehead atoms. The van der Waals surface area contributed by atoms with E-state index in [0.29, 0.717) is 11.0 Å². The zero-order valence-electron chi connectivity index (χ0n) is 10.3. The van der Waals surface area contributed by atoms with Gasteiger partial charge in [0.2, 0.25) is 0 Å². The average molecular weight is 205 g/mol. The molecule has 0 aromatic heterocycles. The molecule has 0 radical (unpaired) electrons. The average Bonchev–Trinajstić information content (AvgIpc) is 2.75. The predicted molar refractivity (Wildman–Crippen MR) is 63.8 cm³/mol. The first-order valence-electron chi connectivity index (χ1n) is 6.50. The summed E-state index contributed by atoms with van der Waals surface area (Å²) in [5.74, 6) is 0.967. The third kappa shape index (κ3) is 1.32. The fraction of sp³-hybridized carbons (Fsp3) is 0.857. The van der Waals surface area contributed by atoms with Crippen molar-refractivity contribution in [1.82, 2.24) is 4.90 Å². The Morgan fingerprint density at radius 2 is 2.07 bits per heavy atom. The van der Waals surface area contributed by atoms with Gasteiger partial charge in [0, 0.05) is 12.1 Å². The summed E-state index contributed by atoms with van der Waals surface area (Å²) in [7, 11) is 0. The van der Waals surface area contributed by atoms with Crippen molar-refractivity contribution in [3.05, 3.63) is 11.6 Å². The molecule has 1 saturated heterocycles. The molecule has 0 aromatic carbocycles. The molecular formula is C14H23N. The second-order valence-electron chi connectivity index (χ2n) is 6.69. The van der Waals surface area contributed by atoms with Crippen molar-refractivity contribution in [2.45, 2.75) is 52.0 Å². The lowest BCUT2D eigenvalue weighted by Gasteiger charge is -2.43. The summed E-state index contributed by atoms with van der Waals surface area (Å²) in [5, 5.41) is 0. The summed E-state index contributed by atoms with van der Waals surface area (Å²) in [6, 6.07) is 0. The molecule has 0 aromatic rings. The first-order chi connectivity index (χ1) is 7.03. The molecule has 1 saturated carbocycles. The fourth-order valence-electron chi connectivity index (χ4n) is 3.62. The van der Waals surface area contributed by atoms with Gasteiger partial charge < -0.3 is 0 Å². The molecule has 0 amide bonds. The van der Waals surface area contributed by atoms with Gasteiger partial charge in [-0.05, 0) is 43.6 Å². The molecule has 1 heteroatoms. The van der Waals surface area contributed by atoms with Gasteiger partial charge in [0.25, 0.3) is 0 Å². The quantitative estimate of drug-likeness (QED) is 0.594. The highest BCUT2D eigenvalue weighted by atomic mass is 15.2. The zero-order chi connectivity index (χ0) is 10.7. The molecule has 1 aliphatic carbocycles. The minimum Gasteiger partial charge on any atom is -0.290 e. The third-order valence-electron chi connectivity index (χ3n) is 4.75. The van der Waals surface area contributed by atoms with E-state index in [-0.39, 0.29) is 0 Å². The van der Waals surface area contributed by atoms with Crippen molar-refractivity contribution in [2.75, 3.05) is 13.1 Å². The van der Waals surface area contributed by atoms with Crippen molar-refractivity contribution in [3.8, 4) is 0 Å². The fourth-order valence-corrected chi connectivity index (χ4v) is 3.62. The van der Waals surface area contributed by atoms with Crippen molar-refractivity contribution in [3.63, 3.8) is 0 Å². The van der Waals surface area contributed by atoms with E-state index in [0.717, 1.165) is 5.92 Å². The standard InChI is InChI=1S/C14H23N/c1-13(2,3)14-7-4-8-15(14)10-12(9-14)11-5-6-11/h9,11H,4-8,10H2,1-3H3. The topological polar surface area (TPSA) is 3.24 Å². The lowest BCUT2D eigenvalue weighted by molar-refractivity contribution is 0.0938. The lowest BCUT2D eigenvalue weighted by Crippen LogP contribution is -2.48. The molecule has 2 fully saturated rings. The van der Waals surface area contributed by atoms with Crippen molar-refractivity contribution in [2.24, 2.45) is 11.3 Å². The lowest BCUT2D eigenvalue weighted by atomic mass is 9.72. The van der Waals surface area contributed by atoms with Crippen LogP contribution in [0.15, 0.2) is 11.6 Å². The van der Waals surface area contributed by atoms with E-state index in [1.165, 1.54) is 38.8 Å². The van der Waals surface area contributed by atoms with Crippen LogP contribution in [0.4, 0.5) is 0 Å². The highest BCUT2D eigenvalue weighted by Crippen LogP contribution is 2.52. The summed E-state index contributed by atoms with van der Waals surface area (Å²) >= 11 is 0. The van der Waals surface area contributed by atoms with Gasteiger partial charge in [0.15, 0.2) is 0 Å². The minimum absolute atomic E-state index is 0.403. The molecule has 3 aliphatic rings. The van der Waals surface area contributed by atoms with Crippen LogP contribution in [0.1, 0.15) is 46.5 Å². The number of hydrogen-bond acceptors (Lipinski definition) is 1. The minimum atomic E-state index is 0.403. The molecule has 0 N–H and O–H groups in total. The Morgan fingerprint density at radius 3 is 2.60 bits per heavy atom. The van der Waals surface area contributed by atoms with Crippen LogP contribution in [0.25, 0.3) is 0 Å². The molecule has 84 valence electrons. The maximum absolute atomic E-state index is 2.75. The van der Waals surface area contributed by atoms with E-state index >= 15 is 0 Å². The van der Waals surface area contributed by atoms with Crippen molar-refractivity contribution in [1.29, 1.82) is 0 Å². The molecule has 3 rings (SSSR count). The van der Waals surface area contributed by atoms with Gasteiger partial charge in [-0.25, -0.2) is 0 Å². The van der Waals surface area contributed by atoms with Gasteiger partial charge in [-0.3, -0.25) is 4.90 Å². The normalized spacial score (nSPS) is 36.9. The van der Waals surface area contributed by atoms with Crippen LogP contribution in [-0.2, 0) is 0 Å². The first kappa shape index (κ1) is 9.89. The SMILES string of the molecule is CC(C)(C)C12C=C(C3CC3)CN1CCC2. The van der Waals surface area contributed by atoms with Gasteiger partial charge in [-0.2, -0.15) is 0 Å². The smallest absolute Gasteiger partial charge is 0.0446 e. The Morgan fingerprint density at radius 1 is 1.33 bits per heavy atom. The largest absolute Gasteiger partial charge is 0.290 e. The van der Waals surface area contributed by atoms with Crippen LogP contribution in [-0.4, -0.2) is 23.5 Å². The van der Waals surface area contributed by atoms with Crippen LogP contribution in [0.5, 0.6) is 0 Å². The molecule has 2 aliphatic heterocycles. The Labute approximate surface area is 93.5 Å². The van der Waals surface area contributed by atoms with Crippen LogP contribution in [0, 0.1) is 11.3 Å². The number of rotatable bonds is 1. The molecule has 2 heterocycles. The number of hydrogen-bond donors (Lipinski definition) is 0. The van der Waals surface area contributed by atoms with Crippen molar-refractivity contribution >= 4 is 0 Å². The molecule has 0 spiro atoms. The van der Waals surface area contributed by atoms with E-state index < -0.39 is 0 Å². The van der Waals surface area contributed by atoms with Gasteiger partial charge in [-0.15, -0.1) is 0 Å². The highest BCUT2D eigenvalue weighted by Gasteiger charge is 2.52. The Kier molecular flexibility index (Phi) is 1.90. The van der Waals surface area contributed by atoms with E-state index in [9.17, 15) is 0 Å². The summed E-state index contributed by atoms with van der Waals surface area (Å²) in [6.45, 7) is 9.85.